The van der Waals surface area contributed by atoms with E-state index >= 15 is 0 Å². The van der Waals surface area contributed by atoms with Crippen molar-refractivity contribution in [1.29, 1.82) is 0 Å². The summed E-state index contributed by atoms with van der Waals surface area (Å²) in [5, 5.41) is 0. The molecule has 0 N–H and O–H groups in total. The van der Waals surface area contributed by atoms with Crippen molar-refractivity contribution in [3.63, 3.8) is 0 Å². The Morgan fingerprint density at radius 3 is 2.36 bits per heavy atom. The molecule has 0 aromatic heterocycles. The molecule has 0 radical (unpaired) electrons. The largest absolute Gasteiger partial charge is 0.372 e. The third-order valence-electron chi connectivity index (χ3n) is 5.05. The second-order valence-corrected chi connectivity index (χ2v) is 6.54. The van der Waals surface area contributed by atoms with Gasteiger partial charge in [-0.1, -0.05) is 37.3 Å². The molecule has 0 saturated carbocycles. The zero-order valence-electron chi connectivity index (χ0n) is 13.0. The lowest BCUT2D eigenvalue weighted by molar-refractivity contribution is 0.0946. The van der Waals surface area contributed by atoms with Crippen molar-refractivity contribution in [2.24, 2.45) is 5.92 Å². The number of fused-ring (bicyclic) bond motifs is 1. The first-order valence-electron chi connectivity index (χ1n) is 8.25. The Morgan fingerprint density at radius 2 is 1.64 bits per heavy atom. The second-order valence-electron chi connectivity index (χ2n) is 6.54. The summed E-state index contributed by atoms with van der Waals surface area (Å²) in [6.07, 6.45) is 3.47. The van der Waals surface area contributed by atoms with Gasteiger partial charge < -0.3 is 4.90 Å². The molecule has 1 fully saturated rings. The van der Waals surface area contributed by atoms with Gasteiger partial charge in [0.1, 0.15) is 0 Å². The van der Waals surface area contributed by atoms with Crippen LogP contribution in [0.5, 0.6) is 0 Å². The number of hydrogen-bond acceptors (Lipinski definition) is 2. The van der Waals surface area contributed by atoms with Crippen molar-refractivity contribution in [3.05, 3.63) is 53.6 Å². The van der Waals surface area contributed by atoms with E-state index in [0.29, 0.717) is 5.78 Å². The molecule has 0 amide bonds. The number of ketones is 1. The van der Waals surface area contributed by atoms with Crippen LogP contribution >= 0.6 is 0 Å². The summed E-state index contributed by atoms with van der Waals surface area (Å²) in [7, 11) is 0. The minimum atomic E-state index is 0.125. The molecular formula is C20H21NO. The van der Waals surface area contributed by atoms with E-state index in [1.807, 2.05) is 19.1 Å². The first-order valence-corrected chi connectivity index (χ1v) is 8.25. The highest BCUT2D eigenvalue weighted by Gasteiger charge is 2.28. The molecule has 2 aromatic rings. The first-order chi connectivity index (χ1) is 10.7. The highest BCUT2D eigenvalue weighted by Crippen LogP contribution is 2.35. The molecule has 1 heterocycles. The van der Waals surface area contributed by atoms with Crippen LogP contribution in [0.3, 0.4) is 0 Å². The molecule has 1 atom stereocenters. The lowest BCUT2D eigenvalue weighted by atomic mass is 9.96. The molecule has 1 aliphatic heterocycles. The van der Waals surface area contributed by atoms with Crippen LogP contribution in [-0.2, 0) is 6.42 Å². The number of rotatable bonds is 2. The molecule has 2 aromatic carbocycles. The summed E-state index contributed by atoms with van der Waals surface area (Å²) in [6.45, 7) is 4.38. The van der Waals surface area contributed by atoms with E-state index in [9.17, 15) is 4.79 Å². The molecule has 4 rings (SSSR count). The molecule has 1 aliphatic carbocycles. The number of benzene rings is 2. The van der Waals surface area contributed by atoms with Gasteiger partial charge in [-0.05, 0) is 48.1 Å². The second kappa shape index (κ2) is 5.28. The molecule has 22 heavy (non-hydrogen) atoms. The first kappa shape index (κ1) is 13.6. The quantitative estimate of drug-likeness (QED) is 0.821. The number of Topliss-reactive ketones (excluding diaryl/α,β-unsaturated/α-hetero) is 1. The fourth-order valence-electron chi connectivity index (χ4n) is 3.80. The van der Waals surface area contributed by atoms with Gasteiger partial charge in [-0.25, -0.2) is 0 Å². The van der Waals surface area contributed by atoms with Crippen LogP contribution in [0.1, 0.15) is 35.7 Å². The average Bonchev–Trinajstić information content (AvgIpc) is 3.17. The summed E-state index contributed by atoms with van der Waals surface area (Å²) >= 11 is 0. The zero-order chi connectivity index (χ0) is 15.1. The van der Waals surface area contributed by atoms with Crippen LogP contribution in [0.25, 0.3) is 11.1 Å². The van der Waals surface area contributed by atoms with E-state index in [2.05, 4.69) is 35.2 Å². The predicted molar refractivity (Wildman–Crippen MR) is 90.5 cm³/mol. The van der Waals surface area contributed by atoms with E-state index < -0.39 is 0 Å². The fourth-order valence-corrected chi connectivity index (χ4v) is 3.80. The Hall–Kier alpha value is -2.09. The van der Waals surface area contributed by atoms with Gasteiger partial charge in [-0.3, -0.25) is 4.79 Å². The average molecular weight is 291 g/mol. The maximum Gasteiger partial charge on any atom is 0.166 e. The van der Waals surface area contributed by atoms with Crippen molar-refractivity contribution in [1.82, 2.24) is 0 Å². The Bertz CT molecular complexity index is 711. The molecule has 0 bridgehead atoms. The van der Waals surface area contributed by atoms with Crippen LogP contribution in [0.2, 0.25) is 0 Å². The molecule has 112 valence electrons. The van der Waals surface area contributed by atoms with Gasteiger partial charge >= 0.3 is 0 Å². The normalized spacial score (nSPS) is 20.5. The summed E-state index contributed by atoms with van der Waals surface area (Å²) in [5.41, 5.74) is 5.92. The van der Waals surface area contributed by atoms with Crippen molar-refractivity contribution in [2.75, 3.05) is 18.0 Å². The van der Waals surface area contributed by atoms with Crippen LogP contribution in [-0.4, -0.2) is 18.9 Å². The smallest absolute Gasteiger partial charge is 0.166 e. The predicted octanol–water partition coefficient (Wildman–Crippen LogP) is 4.33. The van der Waals surface area contributed by atoms with Gasteiger partial charge in [-0.15, -0.1) is 0 Å². The van der Waals surface area contributed by atoms with Crippen molar-refractivity contribution in [3.8, 4) is 11.1 Å². The molecule has 0 spiro atoms. The van der Waals surface area contributed by atoms with Gasteiger partial charge in [0.05, 0.1) is 0 Å². The Labute approximate surface area is 131 Å². The van der Waals surface area contributed by atoms with E-state index in [4.69, 9.17) is 0 Å². The summed E-state index contributed by atoms with van der Waals surface area (Å²) in [6, 6.07) is 15.0. The lowest BCUT2D eigenvalue weighted by Crippen LogP contribution is -2.17. The third kappa shape index (κ3) is 2.14. The van der Waals surface area contributed by atoms with Crippen molar-refractivity contribution < 1.29 is 4.79 Å². The third-order valence-corrected chi connectivity index (χ3v) is 5.05. The maximum atomic E-state index is 12.2. The fraction of sp³-hybridized carbons (Fsp3) is 0.350. The van der Waals surface area contributed by atoms with Gasteiger partial charge in [0, 0.05) is 30.3 Å². The van der Waals surface area contributed by atoms with Crippen LogP contribution < -0.4 is 4.90 Å². The summed E-state index contributed by atoms with van der Waals surface area (Å²) in [5.74, 6) is 0.422. The number of nitrogens with zero attached hydrogens (tertiary/aromatic N) is 1. The Kier molecular flexibility index (Phi) is 3.25. The topological polar surface area (TPSA) is 20.3 Å². The monoisotopic (exact) mass is 291 g/mol. The standard InChI is InChI=1S/C20H21NO/c1-14-13-19-17(5-4-6-18(19)20(14)22)15-7-9-16(10-8-15)21-11-2-3-12-21/h4-10,14H,2-3,11-13H2,1H3. The lowest BCUT2D eigenvalue weighted by Gasteiger charge is -2.18. The minimum Gasteiger partial charge on any atom is -0.372 e. The van der Waals surface area contributed by atoms with E-state index in [-0.39, 0.29) is 5.92 Å². The number of anilines is 1. The summed E-state index contributed by atoms with van der Waals surface area (Å²) < 4.78 is 0. The van der Waals surface area contributed by atoms with E-state index in [1.165, 1.54) is 48.3 Å². The highest BCUT2D eigenvalue weighted by molar-refractivity contribution is 6.03. The Morgan fingerprint density at radius 1 is 0.955 bits per heavy atom. The molecule has 1 unspecified atom stereocenters. The van der Waals surface area contributed by atoms with Gasteiger partial charge in [0.15, 0.2) is 5.78 Å². The Balaban J connectivity index is 1.70. The van der Waals surface area contributed by atoms with E-state index in [1.54, 1.807) is 0 Å². The van der Waals surface area contributed by atoms with Gasteiger partial charge in [0.2, 0.25) is 0 Å². The molecular weight excluding hydrogens is 270 g/mol. The SMILES string of the molecule is CC1Cc2c(cccc2-c2ccc(N3CCCC3)cc2)C1=O. The van der Waals surface area contributed by atoms with Gasteiger partial charge in [-0.2, -0.15) is 0 Å². The highest BCUT2D eigenvalue weighted by atomic mass is 16.1. The van der Waals surface area contributed by atoms with Gasteiger partial charge in [0.25, 0.3) is 0 Å². The number of carbonyl (C=O) groups excluding carboxylic acids is 1. The molecule has 2 nitrogen and oxygen atoms in total. The van der Waals surface area contributed by atoms with Crippen LogP contribution in [0.15, 0.2) is 42.5 Å². The van der Waals surface area contributed by atoms with Crippen LogP contribution in [0, 0.1) is 5.92 Å². The zero-order valence-corrected chi connectivity index (χ0v) is 13.0. The maximum absolute atomic E-state index is 12.2. The van der Waals surface area contributed by atoms with Crippen molar-refractivity contribution >= 4 is 11.5 Å². The molecule has 2 aliphatic rings. The van der Waals surface area contributed by atoms with Crippen LogP contribution in [0.4, 0.5) is 5.69 Å². The number of carbonyl (C=O) groups is 1. The molecule has 1 saturated heterocycles. The number of hydrogen-bond donors (Lipinski definition) is 0. The molecule has 2 heteroatoms. The summed E-state index contributed by atoms with van der Waals surface area (Å²) in [4.78, 5) is 14.7. The van der Waals surface area contributed by atoms with E-state index in [0.717, 1.165) is 12.0 Å². The minimum absolute atomic E-state index is 0.125. The van der Waals surface area contributed by atoms with Crippen molar-refractivity contribution in [2.45, 2.75) is 26.2 Å².